The predicted molar refractivity (Wildman–Crippen MR) is 178 cm³/mol. The number of unbranched alkanes of at least 4 members (excludes halogenated alkanes) is 7. The van der Waals surface area contributed by atoms with Crippen molar-refractivity contribution in [3.63, 3.8) is 0 Å². The monoisotopic (exact) mass is 596 g/mol. The van der Waals surface area contributed by atoms with Crippen LogP contribution in [0, 0.1) is 0 Å². The topological polar surface area (TPSA) is 80.2 Å². The molecule has 0 aliphatic heterocycles. The molecule has 0 atom stereocenters. The Bertz CT molecular complexity index is 1080. The fourth-order valence-electron chi connectivity index (χ4n) is 4.80. The molecular formula is C33H52N2O4Si2. The summed E-state index contributed by atoms with van der Waals surface area (Å²) in [6, 6.07) is 16.1. The average molecular weight is 597 g/mol. The largest absolute Gasteiger partial charge is 0.507 e. The van der Waals surface area contributed by atoms with Crippen LogP contribution >= 0.6 is 0 Å². The first-order chi connectivity index (χ1) is 19.6. The highest BCUT2D eigenvalue weighted by molar-refractivity contribution is 6.84. The van der Waals surface area contributed by atoms with Gasteiger partial charge in [0.15, 0.2) is 22.9 Å². The molecule has 2 aromatic carbocycles. The molecule has 0 saturated heterocycles. The van der Waals surface area contributed by atoms with Gasteiger partial charge in [0.1, 0.15) is 11.5 Å². The highest BCUT2D eigenvalue weighted by Gasteiger charge is 2.28. The van der Waals surface area contributed by atoms with Crippen LogP contribution in [0.1, 0.15) is 62.5 Å². The molecule has 2 N–H and O–H groups in total. The molecule has 0 amide bonds. The maximum Gasteiger partial charge on any atom is 0.173 e. The number of aliphatic imine (C=N–C) groups is 1. The number of ether oxygens (including phenoxy) is 1. The summed E-state index contributed by atoms with van der Waals surface area (Å²) in [5, 5.41) is 13.3. The number of nitrogens with zero attached hydrogens (tertiary/aromatic N) is 1. The third-order valence-electron chi connectivity index (χ3n) is 6.63. The van der Waals surface area contributed by atoms with Gasteiger partial charge in [-0.15, -0.1) is 0 Å². The van der Waals surface area contributed by atoms with Crippen molar-refractivity contribution in [3.05, 3.63) is 65.9 Å². The minimum Gasteiger partial charge on any atom is -0.507 e. The smallest absolute Gasteiger partial charge is 0.173 e. The number of hydrogen-bond acceptors (Lipinski definition) is 6. The molecule has 0 aliphatic rings. The van der Waals surface area contributed by atoms with Gasteiger partial charge in [-0.2, -0.15) is 0 Å². The zero-order valence-electron chi connectivity index (χ0n) is 26.0. The number of rotatable bonds is 21. The lowest BCUT2D eigenvalue weighted by atomic mass is 10.1. The lowest BCUT2D eigenvalue weighted by Crippen LogP contribution is -2.42. The van der Waals surface area contributed by atoms with E-state index in [-0.39, 0.29) is 5.75 Å². The molecule has 0 fully saturated rings. The van der Waals surface area contributed by atoms with E-state index in [1.165, 1.54) is 51.0 Å². The lowest BCUT2D eigenvalue weighted by Gasteiger charge is -2.31. The molecule has 0 aromatic heterocycles. The summed E-state index contributed by atoms with van der Waals surface area (Å²) in [5.41, 5.74) is 2.10. The second kappa shape index (κ2) is 18.7. The number of carbonyl (C=O) groups excluding carboxylic acids is 1. The van der Waals surface area contributed by atoms with Crippen molar-refractivity contribution < 1.29 is 18.8 Å². The third-order valence-corrected chi connectivity index (χ3v) is 12.8. The SMILES string of the molecule is C[Si](C)(C)O[Si](C)(C)CCCCCCCCCCOc1ccc(O)c(C=NCCN/C=C(\C=O)c2ccccc2)c1. The maximum atomic E-state index is 11.3. The van der Waals surface area contributed by atoms with E-state index in [2.05, 4.69) is 43.0 Å². The van der Waals surface area contributed by atoms with Crippen molar-refractivity contribution in [1.82, 2.24) is 5.32 Å². The van der Waals surface area contributed by atoms with Gasteiger partial charge in [-0.1, -0.05) is 75.3 Å². The van der Waals surface area contributed by atoms with Crippen molar-refractivity contribution in [3.8, 4) is 11.5 Å². The number of benzene rings is 2. The number of aromatic hydroxyl groups is 1. The Labute approximate surface area is 250 Å². The Kier molecular flexibility index (Phi) is 15.7. The molecule has 0 unspecified atom stereocenters. The number of hydrogen-bond donors (Lipinski definition) is 2. The normalized spacial score (nSPS) is 12.6. The van der Waals surface area contributed by atoms with Crippen LogP contribution in [0.3, 0.4) is 0 Å². The van der Waals surface area contributed by atoms with Crippen molar-refractivity contribution in [2.75, 3.05) is 19.7 Å². The van der Waals surface area contributed by atoms with E-state index in [0.29, 0.717) is 30.8 Å². The molecule has 0 saturated carbocycles. The van der Waals surface area contributed by atoms with Crippen LogP contribution in [0.25, 0.3) is 5.57 Å². The predicted octanol–water partition coefficient (Wildman–Crippen LogP) is 8.20. The van der Waals surface area contributed by atoms with Gasteiger partial charge in [0.05, 0.1) is 13.2 Å². The van der Waals surface area contributed by atoms with E-state index in [1.807, 2.05) is 36.4 Å². The summed E-state index contributed by atoms with van der Waals surface area (Å²) >= 11 is 0. The van der Waals surface area contributed by atoms with Crippen LogP contribution in [-0.4, -0.2) is 53.9 Å². The zero-order chi connectivity index (χ0) is 30.0. The van der Waals surface area contributed by atoms with Gasteiger partial charge in [-0.05, 0) is 69.0 Å². The van der Waals surface area contributed by atoms with Crippen LogP contribution < -0.4 is 10.1 Å². The van der Waals surface area contributed by atoms with E-state index in [4.69, 9.17) is 8.85 Å². The number of aldehydes is 1. The van der Waals surface area contributed by atoms with Crippen molar-refractivity contribution in [1.29, 1.82) is 0 Å². The quantitative estimate of drug-likeness (QED) is 0.0499. The van der Waals surface area contributed by atoms with E-state index < -0.39 is 16.6 Å². The van der Waals surface area contributed by atoms with E-state index in [0.717, 1.165) is 24.0 Å². The summed E-state index contributed by atoms with van der Waals surface area (Å²) < 4.78 is 12.4. The molecule has 0 radical (unpaired) electrons. The van der Waals surface area contributed by atoms with Gasteiger partial charge in [-0.3, -0.25) is 9.79 Å². The minimum absolute atomic E-state index is 0.177. The third kappa shape index (κ3) is 15.8. The first-order valence-electron chi connectivity index (χ1n) is 15.2. The molecule has 2 aromatic rings. The lowest BCUT2D eigenvalue weighted by molar-refractivity contribution is -0.103. The minimum atomic E-state index is -1.48. The average Bonchev–Trinajstić information content (AvgIpc) is 2.92. The summed E-state index contributed by atoms with van der Waals surface area (Å²) in [6.45, 7) is 13.4. The Hall–Kier alpha value is -2.69. The van der Waals surface area contributed by atoms with Gasteiger partial charge in [0.2, 0.25) is 0 Å². The second-order valence-electron chi connectivity index (χ2n) is 12.2. The van der Waals surface area contributed by atoms with Crippen molar-refractivity contribution >= 4 is 34.7 Å². The van der Waals surface area contributed by atoms with Crippen LogP contribution in [0.2, 0.25) is 38.8 Å². The molecule has 0 heterocycles. The fourth-order valence-corrected chi connectivity index (χ4v) is 12.9. The number of phenolic OH excluding ortho intramolecular Hbond substituents is 1. The number of allylic oxidation sites excluding steroid dienone is 1. The molecule has 8 heteroatoms. The van der Waals surface area contributed by atoms with Crippen LogP contribution in [-0.2, 0) is 8.91 Å². The molecule has 0 spiro atoms. The number of phenols is 1. The standard InChI is InChI=1S/C33H52N2O4Si2/c1-40(2,3)39-41(4,5)24-16-11-9-7-6-8-10-15-23-38-32-19-20-33(37)30(25-32)26-34-21-22-35-27-31(28-36)29-17-13-12-14-18-29/h12-14,17-20,25-28,35,37H,6-11,15-16,21-24H2,1-5H3/b31-27+,34-26?. The Morgan fingerprint density at radius 2 is 1.56 bits per heavy atom. The number of carbonyl (C=O) groups is 1. The maximum absolute atomic E-state index is 11.3. The molecular weight excluding hydrogens is 545 g/mol. The van der Waals surface area contributed by atoms with Gasteiger partial charge >= 0.3 is 0 Å². The summed E-state index contributed by atoms with van der Waals surface area (Å²) in [5.74, 6) is 0.920. The molecule has 6 nitrogen and oxygen atoms in total. The van der Waals surface area contributed by atoms with Crippen molar-refractivity contribution in [2.45, 2.75) is 90.1 Å². The Morgan fingerprint density at radius 1 is 0.902 bits per heavy atom. The molecule has 41 heavy (non-hydrogen) atoms. The molecule has 0 aliphatic carbocycles. The van der Waals surface area contributed by atoms with Crippen LogP contribution in [0.15, 0.2) is 59.7 Å². The first-order valence-corrected chi connectivity index (χ1v) is 21.7. The van der Waals surface area contributed by atoms with Gasteiger partial charge < -0.3 is 19.3 Å². The van der Waals surface area contributed by atoms with E-state index in [1.54, 1.807) is 24.5 Å². The van der Waals surface area contributed by atoms with Gasteiger partial charge in [0.25, 0.3) is 0 Å². The molecule has 0 bridgehead atoms. The van der Waals surface area contributed by atoms with Gasteiger partial charge in [0, 0.05) is 30.1 Å². The van der Waals surface area contributed by atoms with E-state index in [9.17, 15) is 9.90 Å². The second-order valence-corrected chi connectivity index (χ2v) is 21.3. The summed E-state index contributed by atoms with van der Waals surface area (Å²) in [6.07, 6.45) is 14.2. The van der Waals surface area contributed by atoms with E-state index >= 15 is 0 Å². The Balaban J connectivity index is 1.57. The zero-order valence-corrected chi connectivity index (χ0v) is 28.0. The van der Waals surface area contributed by atoms with Gasteiger partial charge in [-0.25, -0.2) is 0 Å². The Morgan fingerprint density at radius 3 is 2.22 bits per heavy atom. The highest BCUT2D eigenvalue weighted by Crippen LogP contribution is 2.23. The summed E-state index contributed by atoms with van der Waals surface area (Å²) in [4.78, 5) is 15.7. The van der Waals surface area contributed by atoms with Crippen LogP contribution in [0.5, 0.6) is 11.5 Å². The fraction of sp³-hybridized carbons (Fsp3) is 0.515. The molecule has 226 valence electrons. The highest BCUT2D eigenvalue weighted by atomic mass is 28.4. The number of nitrogens with one attached hydrogen (secondary N) is 1. The molecule has 2 rings (SSSR count). The first kappa shape index (κ1) is 34.5. The van der Waals surface area contributed by atoms with Crippen molar-refractivity contribution in [2.24, 2.45) is 4.99 Å². The van der Waals surface area contributed by atoms with Crippen LogP contribution in [0.4, 0.5) is 0 Å². The summed E-state index contributed by atoms with van der Waals surface area (Å²) in [7, 11) is -2.89.